The summed E-state index contributed by atoms with van der Waals surface area (Å²) in [6, 6.07) is 15.4. The highest BCUT2D eigenvalue weighted by molar-refractivity contribution is 6.30. The first-order valence-corrected chi connectivity index (χ1v) is 7.77. The van der Waals surface area contributed by atoms with Gasteiger partial charge in [0.15, 0.2) is 0 Å². The van der Waals surface area contributed by atoms with Crippen LogP contribution in [0, 0.1) is 5.41 Å². The summed E-state index contributed by atoms with van der Waals surface area (Å²) in [5.41, 5.74) is 0.740. The van der Waals surface area contributed by atoms with Crippen molar-refractivity contribution in [2.45, 2.75) is 0 Å². The predicted molar refractivity (Wildman–Crippen MR) is 100 cm³/mol. The van der Waals surface area contributed by atoms with Crippen LogP contribution in [0.15, 0.2) is 54.6 Å². The van der Waals surface area contributed by atoms with E-state index >= 15 is 0 Å². The van der Waals surface area contributed by atoms with Gasteiger partial charge in [0.2, 0.25) is 0 Å². The molecule has 0 saturated carbocycles. The Labute approximate surface area is 150 Å². The first kappa shape index (κ1) is 18.3. The largest absolute Gasteiger partial charge is 0.507 e. The van der Waals surface area contributed by atoms with Crippen LogP contribution in [-0.4, -0.2) is 29.4 Å². The van der Waals surface area contributed by atoms with E-state index < -0.39 is 0 Å². The molecule has 0 fully saturated rings. The van der Waals surface area contributed by atoms with E-state index in [4.69, 9.17) is 22.1 Å². The van der Waals surface area contributed by atoms with Crippen LogP contribution in [0.5, 0.6) is 11.5 Å². The van der Waals surface area contributed by atoms with Crippen LogP contribution in [0.2, 0.25) is 5.02 Å². The molecule has 25 heavy (non-hydrogen) atoms. The van der Waals surface area contributed by atoms with E-state index in [1.807, 2.05) is 24.3 Å². The van der Waals surface area contributed by atoms with Crippen LogP contribution in [0.3, 0.4) is 0 Å². The van der Waals surface area contributed by atoms with Gasteiger partial charge in [0.1, 0.15) is 11.5 Å². The maximum Gasteiger partial charge on any atom is 0.254 e. The van der Waals surface area contributed by atoms with Gasteiger partial charge in [0.05, 0.1) is 5.56 Å². The number of carbonyl (C=O) groups is 1. The molecule has 0 heterocycles. The molecule has 0 radical (unpaired) electrons. The molecule has 0 bridgehead atoms. The van der Waals surface area contributed by atoms with Gasteiger partial charge in [0.25, 0.3) is 5.91 Å². The molecule has 3 aromatic rings. The van der Waals surface area contributed by atoms with Crippen LogP contribution in [-0.2, 0) is 0 Å². The number of carbonyl (C=O) groups excluding carboxylic acids is 1. The van der Waals surface area contributed by atoms with Crippen molar-refractivity contribution in [2.24, 2.45) is 0 Å². The average Bonchev–Trinajstić information content (AvgIpc) is 2.63. The zero-order valence-corrected chi connectivity index (χ0v) is 14.2. The molecule has 0 atom stereocenters. The van der Waals surface area contributed by atoms with E-state index in [9.17, 15) is 9.90 Å². The van der Waals surface area contributed by atoms with Crippen LogP contribution in [0.4, 0.5) is 0 Å². The molecule has 0 saturated heterocycles. The Morgan fingerprint density at radius 1 is 1.04 bits per heavy atom. The molecule has 5 nitrogen and oxygen atoms in total. The minimum atomic E-state index is -0.279. The number of hydrogen-bond donors (Lipinski definition) is 4. The summed E-state index contributed by atoms with van der Waals surface area (Å²) in [6.45, 7) is 0. The summed E-state index contributed by atoms with van der Waals surface area (Å²) in [6.07, 6.45) is 1.06. The third kappa shape index (κ3) is 4.49. The number of rotatable bonds is 2. The van der Waals surface area contributed by atoms with Gasteiger partial charge >= 0.3 is 0 Å². The first-order chi connectivity index (χ1) is 12.0. The second-order valence-electron chi connectivity index (χ2n) is 5.14. The Morgan fingerprint density at radius 3 is 2.24 bits per heavy atom. The van der Waals surface area contributed by atoms with E-state index in [1.165, 1.54) is 19.2 Å². The van der Waals surface area contributed by atoms with Gasteiger partial charge < -0.3 is 20.9 Å². The van der Waals surface area contributed by atoms with E-state index in [-0.39, 0.29) is 17.4 Å². The first-order valence-electron chi connectivity index (χ1n) is 7.39. The number of benzene rings is 3. The quantitative estimate of drug-likeness (QED) is 0.524. The van der Waals surface area contributed by atoms with Crippen molar-refractivity contribution >= 4 is 34.5 Å². The normalized spacial score (nSPS) is 9.84. The van der Waals surface area contributed by atoms with Gasteiger partial charge in [0, 0.05) is 23.8 Å². The van der Waals surface area contributed by atoms with Gasteiger partial charge in [-0.3, -0.25) is 4.79 Å². The molecule has 6 heteroatoms. The molecular formula is C19H17ClN2O3. The number of amides is 1. The second kappa shape index (κ2) is 8.17. The van der Waals surface area contributed by atoms with Crippen molar-refractivity contribution < 1.29 is 15.0 Å². The van der Waals surface area contributed by atoms with Gasteiger partial charge in [-0.15, -0.1) is 0 Å². The predicted octanol–water partition coefficient (Wildman–Crippen LogP) is 3.95. The van der Waals surface area contributed by atoms with E-state index in [1.54, 1.807) is 18.2 Å². The van der Waals surface area contributed by atoms with Gasteiger partial charge in [-0.1, -0.05) is 35.9 Å². The van der Waals surface area contributed by atoms with Crippen LogP contribution in [0.25, 0.3) is 10.8 Å². The highest BCUT2D eigenvalue weighted by atomic mass is 35.5. The molecule has 0 unspecified atom stereocenters. The molecular weight excluding hydrogens is 340 g/mol. The van der Waals surface area contributed by atoms with Crippen LogP contribution < -0.4 is 5.32 Å². The second-order valence-corrected chi connectivity index (χ2v) is 5.58. The molecule has 3 rings (SSSR count). The summed E-state index contributed by atoms with van der Waals surface area (Å²) in [5.74, 6) is -0.189. The molecule has 1 amide bonds. The molecule has 3 aromatic carbocycles. The van der Waals surface area contributed by atoms with Crippen molar-refractivity contribution in [2.75, 3.05) is 7.05 Å². The molecule has 0 aromatic heterocycles. The lowest BCUT2D eigenvalue weighted by atomic mass is 10.1. The number of nitrogens with one attached hydrogen (secondary N) is 2. The topological polar surface area (TPSA) is 93.4 Å². The van der Waals surface area contributed by atoms with Crippen LogP contribution in [0.1, 0.15) is 15.9 Å². The fraction of sp³-hybridized carbons (Fsp3) is 0.0526. The minimum Gasteiger partial charge on any atom is -0.507 e. The number of phenols is 2. The summed E-state index contributed by atoms with van der Waals surface area (Å²) >= 11 is 5.58. The van der Waals surface area contributed by atoms with E-state index in [0.717, 1.165) is 17.0 Å². The number of hydrogen-bond acceptors (Lipinski definition) is 4. The Kier molecular flexibility index (Phi) is 5.98. The summed E-state index contributed by atoms with van der Waals surface area (Å²) in [5, 5.41) is 30.4. The highest BCUT2D eigenvalue weighted by Crippen LogP contribution is 2.24. The number of aromatic hydroxyl groups is 2. The Bertz CT molecular complexity index is 926. The minimum absolute atomic E-state index is 0.00745. The Morgan fingerprint density at radius 2 is 1.68 bits per heavy atom. The molecule has 0 aliphatic carbocycles. The van der Waals surface area contributed by atoms with Crippen molar-refractivity contribution in [3.05, 3.63) is 70.7 Å². The van der Waals surface area contributed by atoms with E-state index in [2.05, 4.69) is 5.32 Å². The zero-order valence-electron chi connectivity index (χ0n) is 13.5. The van der Waals surface area contributed by atoms with Gasteiger partial charge in [-0.05, 0) is 41.1 Å². The zero-order chi connectivity index (χ0) is 18.4. The van der Waals surface area contributed by atoms with Crippen molar-refractivity contribution in [1.29, 1.82) is 5.41 Å². The number of halogens is 1. The summed E-state index contributed by atoms with van der Waals surface area (Å²) in [7, 11) is 1.54. The van der Waals surface area contributed by atoms with E-state index in [0.29, 0.717) is 16.1 Å². The fourth-order valence-corrected chi connectivity index (χ4v) is 2.37. The van der Waals surface area contributed by atoms with Crippen LogP contribution >= 0.6 is 11.6 Å². The maximum atomic E-state index is 11.4. The maximum absolute atomic E-state index is 11.4. The van der Waals surface area contributed by atoms with Gasteiger partial charge in [-0.2, -0.15) is 0 Å². The van der Waals surface area contributed by atoms with Crippen molar-refractivity contribution in [1.82, 2.24) is 5.32 Å². The average molecular weight is 357 g/mol. The standard InChI is InChI=1S/C12H11NO2.C7H6ClNO/c1-13-12(15)10-6-8-4-2-3-5-9(8)7-11(10)14;8-6-1-2-7(10)5(3-6)4-9/h2-7,14H,1H3,(H,13,15);1-4,9-10H. The fourth-order valence-electron chi connectivity index (χ4n) is 2.19. The van der Waals surface area contributed by atoms with Crippen molar-refractivity contribution in [3.8, 4) is 11.5 Å². The lowest BCUT2D eigenvalue weighted by Gasteiger charge is -2.05. The number of phenolic OH excluding ortho intramolecular Hbond substituents is 2. The summed E-state index contributed by atoms with van der Waals surface area (Å²) < 4.78 is 0. The van der Waals surface area contributed by atoms with Gasteiger partial charge in [-0.25, -0.2) is 0 Å². The number of fused-ring (bicyclic) bond motifs is 1. The highest BCUT2D eigenvalue weighted by Gasteiger charge is 2.10. The molecule has 4 N–H and O–H groups in total. The lowest BCUT2D eigenvalue weighted by Crippen LogP contribution is -2.17. The Hall–Kier alpha value is -3.05. The molecule has 0 aliphatic heterocycles. The molecule has 128 valence electrons. The monoisotopic (exact) mass is 356 g/mol. The third-order valence-electron chi connectivity index (χ3n) is 3.48. The van der Waals surface area contributed by atoms with Crippen molar-refractivity contribution in [3.63, 3.8) is 0 Å². The third-order valence-corrected chi connectivity index (χ3v) is 3.72. The molecule has 0 spiro atoms. The summed E-state index contributed by atoms with van der Waals surface area (Å²) in [4.78, 5) is 11.4. The Balaban J connectivity index is 0.000000196. The SMILES string of the molecule is CNC(=O)c1cc2ccccc2cc1O.N=Cc1cc(Cl)ccc1O. The smallest absolute Gasteiger partial charge is 0.254 e. The lowest BCUT2D eigenvalue weighted by molar-refractivity contribution is 0.0960. The molecule has 0 aliphatic rings.